The van der Waals surface area contributed by atoms with E-state index in [1.807, 2.05) is 20.0 Å². The second-order valence-electron chi connectivity index (χ2n) is 2.57. The zero-order valence-corrected chi connectivity index (χ0v) is 7.11. The normalized spacial score (nSPS) is 10.8. The van der Waals surface area contributed by atoms with Crippen molar-refractivity contribution in [1.82, 2.24) is 9.78 Å². The molecule has 0 aliphatic rings. The zero-order chi connectivity index (χ0) is 9.14. The highest BCUT2D eigenvalue weighted by molar-refractivity contribution is 5.89. The third-order valence-corrected chi connectivity index (χ3v) is 1.46. The number of primary amides is 1. The molecule has 4 nitrogen and oxygen atoms in total. The minimum atomic E-state index is -0.450. The molecule has 1 aromatic heterocycles. The van der Waals surface area contributed by atoms with E-state index < -0.39 is 5.91 Å². The molecule has 4 heteroatoms. The van der Waals surface area contributed by atoms with Crippen LogP contribution >= 0.6 is 0 Å². The monoisotopic (exact) mass is 165 g/mol. The zero-order valence-electron chi connectivity index (χ0n) is 7.11. The second kappa shape index (κ2) is 3.21. The Morgan fingerprint density at radius 2 is 2.42 bits per heavy atom. The Bertz CT molecular complexity index is 325. The maximum Gasteiger partial charge on any atom is 0.241 e. The van der Waals surface area contributed by atoms with Gasteiger partial charge in [-0.15, -0.1) is 0 Å². The second-order valence-corrected chi connectivity index (χ2v) is 2.57. The van der Waals surface area contributed by atoms with Crippen LogP contribution in [0.25, 0.3) is 6.08 Å². The molecular formula is C8H11N3O. The highest BCUT2D eigenvalue weighted by Gasteiger charge is 1.96. The summed E-state index contributed by atoms with van der Waals surface area (Å²) < 4.78 is 1.69. The fourth-order valence-corrected chi connectivity index (χ4v) is 0.954. The molecule has 0 atom stereocenters. The van der Waals surface area contributed by atoms with E-state index in [0.29, 0.717) is 0 Å². The number of amides is 1. The van der Waals surface area contributed by atoms with Crippen LogP contribution in [0.3, 0.4) is 0 Å². The molecule has 0 radical (unpaired) electrons. The molecule has 64 valence electrons. The summed E-state index contributed by atoms with van der Waals surface area (Å²) in [5.41, 5.74) is 6.73. The number of aryl methyl sites for hydroxylation is 2. The van der Waals surface area contributed by atoms with Crippen LogP contribution in [0, 0.1) is 6.92 Å². The first kappa shape index (κ1) is 8.52. The fourth-order valence-electron chi connectivity index (χ4n) is 0.954. The molecule has 0 spiro atoms. The van der Waals surface area contributed by atoms with Gasteiger partial charge in [0.15, 0.2) is 0 Å². The van der Waals surface area contributed by atoms with Crippen molar-refractivity contribution in [3.63, 3.8) is 0 Å². The molecule has 0 bridgehead atoms. The maximum absolute atomic E-state index is 10.4. The largest absolute Gasteiger partial charge is 0.366 e. The standard InChI is InChI=1S/C8H11N3O/c1-6-5-7(11(2)10-6)3-4-8(9)12/h3-5H,1-2H3,(H2,9,12)/b4-3+. The molecule has 1 aromatic rings. The molecule has 1 rings (SSSR count). The van der Waals surface area contributed by atoms with Crippen LogP contribution in [0.15, 0.2) is 12.1 Å². The molecule has 0 fully saturated rings. The summed E-state index contributed by atoms with van der Waals surface area (Å²) in [7, 11) is 1.81. The first-order valence-electron chi connectivity index (χ1n) is 3.58. The predicted octanol–water partition coefficient (Wildman–Crippen LogP) is 0.227. The van der Waals surface area contributed by atoms with Gasteiger partial charge in [-0.1, -0.05) is 0 Å². The van der Waals surface area contributed by atoms with E-state index in [2.05, 4.69) is 5.10 Å². The van der Waals surface area contributed by atoms with Crippen LogP contribution in [0.5, 0.6) is 0 Å². The van der Waals surface area contributed by atoms with Crippen LogP contribution < -0.4 is 5.73 Å². The van der Waals surface area contributed by atoms with Crippen molar-refractivity contribution in [2.24, 2.45) is 12.8 Å². The molecule has 1 amide bonds. The Morgan fingerprint density at radius 3 is 2.83 bits per heavy atom. The summed E-state index contributed by atoms with van der Waals surface area (Å²) in [5, 5.41) is 4.10. The molecule has 1 heterocycles. The van der Waals surface area contributed by atoms with Crippen molar-refractivity contribution >= 4 is 12.0 Å². The van der Waals surface area contributed by atoms with E-state index in [0.717, 1.165) is 11.4 Å². The van der Waals surface area contributed by atoms with E-state index >= 15 is 0 Å². The van der Waals surface area contributed by atoms with Crippen molar-refractivity contribution in [3.8, 4) is 0 Å². The molecule has 2 N–H and O–H groups in total. The highest BCUT2D eigenvalue weighted by Crippen LogP contribution is 2.03. The number of rotatable bonds is 2. The van der Waals surface area contributed by atoms with E-state index in [1.165, 1.54) is 6.08 Å². The Kier molecular flexibility index (Phi) is 2.28. The van der Waals surface area contributed by atoms with Gasteiger partial charge in [0, 0.05) is 13.1 Å². The molecule has 0 saturated carbocycles. The van der Waals surface area contributed by atoms with E-state index in [4.69, 9.17) is 5.73 Å². The van der Waals surface area contributed by atoms with Gasteiger partial charge in [-0.3, -0.25) is 9.48 Å². The average Bonchev–Trinajstić information content (AvgIpc) is 2.26. The first-order valence-corrected chi connectivity index (χ1v) is 3.58. The van der Waals surface area contributed by atoms with E-state index in [-0.39, 0.29) is 0 Å². The van der Waals surface area contributed by atoms with Crippen molar-refractivity contribution in [1.29, 1.82) is 0 Å². The van der Waals surface area contributed by atoms with Gasteiger partial charge in [-0.25, -0.2) is 0 Å². The summed E-state index contributed by atoms with van der Waals surface area (Å²) >= 11 is 0. The fraction of sp³-hybridized carbons (Fsp3) is 0.250. The lowest BCUT2D eigenvalue weighted by molar-refractivity contribution is -0.113. The van der Waals surface area contributed by atoms with Gasteiger partial charge >= 0.3 is 0 Å². The number of aromatic nitrogens is 2. The smallest absolute Gasteiger partial charge is 0.241 e. The van der Waals surface area contributed by atoms with Crippen molar-refractivity contribution in [3.05, 3.63) is 23.5 Å². The van der Waals surface area contributed by atoms with Gasteiger partial charge in [0.1, 0.15) is 0 Å². The summed E-state index contributed by atoms with van der Waals surface area (Å²) in [4.78, 5) is 10.4. The van der Waals surface area contributed by atoms with Gasteiger partial charge in [-0.05, 0) is 19.1 Å². The van der Waals surface area contributed by atoms with Crippen molar-refractivity contribution < 1.29 is 4.79 Å². The van der Waals surface area contributed by atoms with E-state index in [9.17, 15) is 4.79 Å². The highest BCUT2D eigenvalue weighted by atomic mass is 16.1. The molecule has 0 aromatic carbocycles. The lowest BCUT2D eigenvalue weighted by Gasteiger charge is -1.91. The van der Waals surface area contributed by atoms with Crippen molar-refractivity contribution in [2.45, 2.75) is 6.92 Å². The van der Waals surface area contributed by atoms with Crippen LogP contribution in [0.1, 0.15) is 11.4 Å². The summed E-state index contributed by atoms with van der Waals surface area (Å²) in [6.07, 6.45) is 2.96. The lowest BCUT2D eigenvalue weighted by Crippen LogP contribution is -2.05. The van der Waals surface area contributed by atoms with Gasteiger partial charge in [0.2, 0.25) is 5.91 Å². The molecule has 0 aliphatic heterocycles. The van der Waals surface area contributed by atoms with Crippen LogP contribution in [-0.2, 0) is 11.8 Å². The Balaban J connectivity index is 2.89. The van der Waals surface area contributed by atoms with Gasteiger partial charge in [0.05, 0.1) is 11.4 Å². The lowest BCUT2D eigenvalue weighted by atomic mass is 10.3. The quantitative estimate of drug-likeness (QED) is 0.637. The number of carbonyl (C=O) groups is 1. The van der Waals surface area contributed by atoms with Gasteiger partial charge in [-0.2, -0.15) is 5.10 Å². The topological polar surface area (TPSA) is 60.9 Å². The van der Waals surface area contributed by atoms with Gasteiger partial charge < -0.3 is 5.73 Å². The van der Waals surface area contributed by atoms with Crippen LogP contribution in [0.4, 0.5) is 0 Å². The molecular weight excluding hydrogens is 154 g/mol. The first-order chi connectivity index (χ1) is 5.59. The predicted molar refractivity (Wildman–Crippen MR) is 46.2 cm³/mol. The number of nitrogens with zero attached hydrogens (tertiary/aromatic N) is 2. The van der Waals surface area contributed by atoms with Crippen LogP contribution in [0.2, 0.25) is 0 Å². The number of nitrogens with two attached hydrogens (primary N) is 1. The number of carbonyl (C=O) groups excluding carboxylic acids is 1. The number of hydrogen-bond donors (Lipinski definition) is 1. The van der Waals surface area contributed by atoms with Gasteiger partial charge in [0.25, 0.3) is 0 Å². The molecule has 12 heavy (non-hydrogen) atoms. The number of hydrogen-bond acceptors (Lipinski definition) is 2. The minimum absolute atomic E-state index is 0.450. The molecule has 0 unspecified atom stereocenters. The third-order valence-electron chi connectivity index (χ3n) is 1.46. The average molecular weight is 165 g/mol. The third kappa shape index (κ3) is 1.95. The van der Waals surface area contributed by atoms with Crippen LogP contribution in [-0.4, -0.2) is 15.7 Å². The Labute approximate surface area is 70.7 Å². The SMILES string of the molecule is Cc1cc(/C=C/C(N)=O)n(C)n1. The molecule has 0 aliphatic carbocycles. The van der Waals surface area contributed by atoms with Crippen molar-refractivity contribution in [2.75, 3.05) is 0 Å². The van der Waals surface area contributed by atoms with E-state index in [1.54, 1.807) is 10.8 Å². The maximum atomic E-state index is 10.4. The molecule has 0 saturated heterocycles. The Hall–Kier alpha value is -1.58. The summed E-state index contributed by atoms with van der Waals surface area (Å²) in [5.74, 6) is -0.450. The Morgan fingerprint density at radius 1 is 1.75 bits per heavy atom. The summed E-state index contributed by atoms with van der Waals surface area (Å²) in [6, 6.07) is 1.87. The summed E-state index contributed by atoms with van der Waals surface area (Å²) in [6.45, 7) is 1.89. The minimum Gasteiger partial charge on any atom is -0.366 e.